The third-order valence-electron chi connectivity index (χ3n) is 6.33. The number of aryl methyl sites for hydroxylation is 1. The molecule has 37 heavy (non-hydrogen) atoms. The summed E-state index contributed by atoms with van der Waals surface area (Å²) >= 11 is 1.28. The lowest BCUT2D eigenvalue weighted by Crippen LogP contribution is -2.40. The van der Waals surface area contributed by atoms with Crippen LogP contribution in [0.15, 0.2) is 86.5 Å². The van der Waals surface area contributed by atoms with Crippen molar-refractivity contribution in [3.05, 3.63) is 120 Å². The van der Waals surface area contributed by atoms with E-state index >= 15 is 0 Å². The van der Waals surface area contributed by atoms with Crippen LogP contribution in [-0.2, 0) is 9.53 Å². The van der Waals surface area contributed by atoms with Crippen molar-refractivity contribution >= 4 is 29.1 Å². The summed E-state index contributed by atoms with van der Waals surface area (Å²) in [6, 6.07) is 20.6. The number of thiazole rings is 1. The Morgan fingerprint density at radius 1 is 1.11 bits per heavy atom. The lowest BCUT2D eigenvalue weighted by molar-refractivity contribution is -0.138. The maximum absolute atomic E-state index is 13.8. The fourth-order valence-corrected chi connectivity index (χ4v) is 5.46. The van der Waals surface area contributed by atoms with E-state index in [1.165, 1.54) is 16.9 Å². The second-order valence-electron chi connectivity index (χ2n) is 9.20. The third kappa shape index (κ3) is 4.74. The fourth-order valence-electron chi connectivity index (χ4n) is 4.48. The number of carbonyl (C=O) groups is 1. The number of rotatable bonds is 6. The molecule has 7 heteroatoms. The number of nitrogens with zero attached hydrogens (tertiary/aromatic N) is 2. The van der Waals surface area contributed by atoms with Gasteiger partial charge in [-0.1, -0.05) is 79.8 Å². The molecule has 1 atom stereocenters. The highest BCUT2D eigenvalue weighted by Crippen LogP contribution is 2.35. The van der Waals surface area contributed by atoms with Gasteiger partial charge in [-0.3, -0.25) is 9.36 Å². The van der Waals surface area contributed by atoms with Gasteiger partial charge < -0.3 is 9.15 Å². The lowest BCUT2D eigenvalue weighted by atomic mass is 9.91. The SMILES string of the molecule is CCOC(=O)C1=C(c2ccccc2)N=c2s/c(=C/c3ccc(C)o3)c(=O)n2[C@@H]1c1ccc(C(C)C)cc1. The van der Waals surface area contributed by atoms with E-state index in [4.69, 9.17) is 14.1 Å². The van der Waals surface area contributed by atoms with E-state index in [9.17, 15) is 9.59 Å². The summed E-state index contributed by atoms with van der Waals surface area (Å²) in [7, 11) is 0. The highest BCUT2D eigenvalue weighted by Gasteiger charge is 2.35. The number of fused-ring (bicyclic) bond motifs is 1. The summed E-state index contributed by atoms with van der Waals surface area (Å²) in [6.45, 7) is 8.11. The van der Waals surface area contributed by atoms with Crippen molar-refractivity contribution in [2.45, 2.75) is 39.7 Å². The molecule has 6 nitrogen and oxygen atoms in total. The average molecular weight is 513 g/mol. The molecule has 5 rings (SSSR count). The second-order valence-corrected chi connectivity index (χ2v) is 10.2. The average Bonchev–Trinajstić information content (AvgIpc) is 3.45. The molecule has 1 aliphatic rings. The molecule has 0 unspecified atom stereocenters. The van der Waals surface area contributed by atoms with E-state index in [0.29, 0.717) is 32.3 Å². The maximum atomic E-state index is 13.8. The quantitative estimate of drug-likeness (QED) is 0.342. The van der Waals surface area contributed by atoms with Crippen LogP contribution in [0.5, 0.6) is 0 Å². The van der Waals surface area contributed by atoms with Gasteiger partial charge in [0.15, 0.2) is 4.80 Å². The van der Waals surface area contributed by atoms with Crippen LogP contribution in [0.3, 0.4) is 0 Å². The number of hydrogen-bond donors (Lipinski definition) is 0. The number of hydrogen-bond acceptors (Lipinski definition) is 6. The molecule has 0 radical (unpaired) electrons. The molecule has 0 saturated carbocycles. The number of carbonyl (C=O) groups excluding carboxylic acids is 1. The molecule has 0 amide bonds. The summed E-state index contributed by atoms with van der Waals surface area (Å²) in [5.41, 5.74) is 3.40. The van der Waals surface area contributed by atoms with Crippen molar-refractivity contribution in [3.63, 3.8) is 0 Å². The van der Waals surface area contributed by atoms with Crippen molar-refractivity contribution in [1.29, 1.82) is 0 Å². The summed E-state index contributed by atoms with van der Waals surface area (Å²) in [5, 5.41) is 0. The Labute approximate surface area is 218 Å². The first-order chi connectivity index (χ1) is 17.9. The number of ether oxygens (including phenoxy) is 1. The Morgan fingerprint density at radius 3 is 2.46 bits per heavy atom. The molecule has 0 fully saturated rings. The van der Waals surface area contributed by atoms with E-state index in [-0.39, 0.29) is 12.2 Å². The van der Waals surface area contributed by atoms with Crippen LogP contribution in [0.1, 0.15) is 60.9 Å². The molecule has 2 aromatic carbocycles. The largest absolute Gasteiger partial charge is 0.463 e. The van der Waals surface area contributed by atoms with E-state index < -0.39 is 12.0 Å². The van der Waals surface area contributed by atoms with E-state index in [1.54, 1.807) is 17.6 Å². The zero-order valence-corrected chi connectivity index (χ0v) is 22.0. The number of benzene rings is 2. The minimum absolute atomic E-state index is 0.214. The van der Waals surface area contributed by atoms with Crippen molar-refractivity contribution in [2.75, 3.05) is 6.61 Å². The molecule has 0 spiro atoms. The topological polar surface area (TPSA) is 73.8 Å². The molecule has 0 aliphatic carbocycles. The molecule has 0 N–H and O–H groups in total. The van der Waals surface area contributed by atoms with E-state index in [0.717, 1.165) is 16.9 Å². The monoisotopic (exact) mass is 512 g/mol. The van der Waals surface area contributed by atoms with Gasteiger partial charge in [0.25, 0.3) is 5.56 Å². The van der Waals surface area contributed by atoms with Crippen LogP contribution in [0, 0.1) is 6.92 Å². The second kappa shape index (κ2) is 10.2. The zero-order chi connectivity index (χ0) is 26.1. The molecule has 2 aromatic heterocycles. The highest BCUT2D eigenvalue weighted by atomic mass is 32.1. The van der Waals surface area contributed by atoms with Crippen LogP contribution in [0.25, 0.3) is 11.8 Å². The van der Waals surface area contributed by atoms with Crippen molar-refractivity contribution < 1.29 is 13.9 Å². The van der Waals surface area contributed by atoms with Crippen LogP contribution in [-0.4, -0.2) is 17.1 Å². The van der Waals surface area contributed by atoms with Gasteiger partial charge in [-0.25, -0.2) is 9.79 Å². The number of furan rings is 1. The molecule has 1 aliphatic heterocycles. The normalized spacial score (nSPS) is 15.6. The molecule has 188 valence electrons. The highest BCUT2D eigenvalue weighted by molar-refractivity contribution is 7.07. The van der Waals surface area contributed by atoms with Crippen molar-refractivity contribution in [3.8, 4) is 0 Å². The van der Waals surface area contributed by atoms with Crippen molar-refractivity contribution in [1.82, 2.24) is 4.57 Å². The zero-order valence-electron chi connectivity index (χ0n) is 21.2. The molecular formula is C30H28N2O4S. The van der Waals surface area contributed by atoms with Gasteiger partial charge in [0, 0.05) is 11.6 Å². The van der Waals surface area contributed by atoms with Gasteiger partial charge in [-0.2, -0.15) is 0 Å². The van der Waals surface area contributed by atoms with Gasteiger partial charge in [-0.05, 0) is 43.0 Å². The molecule has 3 heterocycles. The summed E-state index contributed by atoms with van der Waals surface area (Å²) in [5.74, 6) is 1.22. The fraction of sp³-hybridized carbons (Fsp3) is 0.233. The Balaban J connectivity index is 1.81. The summed E-state index contributed by atoms with van der Waals surface area (Å²) in [6.07, 6.45) is 1.73. The first-order valence-electron chi connectivity index (χ1n) is 12.3. The Kier molecular flexibility index (Phi) is 6.80. The Hall–Kier alpha value is -3.97. The number of aromatic nitrogens is 1. The van der Waals surface area contributed by atoms with Crippen LogP contribution in [0.4, 0.5) is 0 Å². The summed E-state index contributed by atoms with van der Waals surface area (Å²) in [4.78, 5) is 32.7. The molecular weight excluding hydrogens is 484 g/mol. The van der Waals surface area contributed by atoms with Gasteiger partial charge in [0.2, 0.25) is 0 Å². The summed E-state index contributed by atoms with van der Waals surface area (Å²) < 4.78 is 13.3. The van der Waals surface area contributed by atoms with Gasteiger partial charge in [0.05, 0.1) is 28.5 Å². The number of esters is 1. The standard InChI is InChI=1S/C30H28N2O4S/c1-5-35-29(34)25-26(21-9-7-6-8-10-21)31-30-32(27(25)22-14-12-20(13-15-22)18(2)3)28(33)24(37-30)17-23-16-11-19(4)36-23/h6-18,27H,5H2,1-4H3/b24-17+/t27-/m1/s1. The van der Waals surface area contributed by atoms with Crippen LogP contribution < -0.4 is 14.9 Å². The minimum Gasteiger partial charge on any atom is -0.463 e. The minimum atomic E-state index is -0.688. The molecule has 0 bridgehead atoms. The lowest BCUT2D eigenvalue weighted by Gasteiger charge is -2.26. The van der Waals surface area contributed by atoms with Crippen LogP contribution in [0.2, 0.25) is 0 Å². The van der Waals surface area contributed by atoms with Gasteiger partial charge >= 0.3 is 5.97 Å². The first-order valence-corrected chi connectivity index (χ1v) is 13.1. The third-order valence-corrected chi connectivity index (χ3v) is 7.31. The predicted molar refractivity (Wildman–Crippen MR) is 145 cm³/mol. The van der Waals surface area contributed by atoms with E-state index in [2.05, 4.69) is 13.8 Å². The predicted octanol–water partition coefficient (Wildman–Crippen LogP) is 4.96. The smallest absolute Gasteiger partial charge is 0.338 e. The van der Waals surface area contributed by atoms with Crippen LogP contribution >= 0.6 is 11.3 Å². The molecule has 4 aromatic rings. The van der Waals surface area contributed by atoms with Gasteiger partial charge in [0.1, 0.15) is 11.5 Å². The maximum Gasteiger partial charge on any atom is 0.338 e. The Morgan fingerprint density at radius 2 is 1.84 bits per heavy atom. The van der Waals surface area contributed by atoms with Gasteiger partial charge in [-0.15, -0.1) is 0 Å². The van der Waals surface area contributed by atoms with Crippen molar-refractivity contribution in [2.24, 2.45) is 4.99 Å². The Bertz CT molecular complexity index is 1650. The molecule has 0 saturated heterocycles. The first kappa shape index (κ1) is 24.7. The van der Waals surface area contributed by atoms with E-state index in [1.807, 2.05) is 73.7 Å².